The minimum Gasteiger partial charge on any atom is -0.491 e. The Bertz CT molecular complexity index is 339. The summed E-state index contributed by atoms with van der Waals surface area (Å²) in [6, 6.07) is 4.19. The maximum Gasteiger partial charge on any atom is 0.271 e. The molecule has 0 saturated heterocycles. The Morgan fingerprint density at radius 3 is 2.79 bits per heavy atom. The van der Waals surface area contributed by atoms with Crippen LogP contribution in [0.2, 0.25) is 0 Å². The van der Waals surface area contributed by atoms with Crippen molar-refractivity contribution in [1.82, 2.24) is 0 Å². The van der Waals surface area contributed by atoms with Crippen molar-refractivity contribution in [3.8, 4) is 5.75 Å². The molecule has 0 amide bonds. The van der Waals surface area contributed by atoms with Crippen molar-refractivity contribution >= 4 is 11.4 Å². The van der Waals surface area contributed by atoms with Gasteiger partial charge in [-0.1, -0.05) is 6.92 Å². The molecule has 0 unspecified atom stereocenters. The Hall–Kier alpha value is -1.78. The lowest BCUT2D eigenvalue weighted by Crippen LogP contribution is -1.99. The van der Waals surface area contributed by atoms with Crippen LogP contribution in [-0.2, 0) is 0 Å². The highest BCUT2D eigenvalue weighted by Crippen LogP contribution is 2.26. The zero-order valence-corrected chi connectivity index (χ0v) is 7.90. The van der Waals surface area contributed by atoms with Crippen LogP contribution in [0, 0.1) is 10.1 Å². The van der Waals surface area contributed by atoms with Crippen LogP contribution < -0.4 is 10.5 Å². The van der Waals surface area contributed by atoms with Gasteiger partial charge < -0.3 is 10.5 Å². The molecule has 0 aromatic heterocycles. The van der Waals surface area contributed by atoms with Crippen molar-refractivity contribution in [1.29, 1.82) is 0 Å². The lowest BCUT2D eigenvalue weighted by atomic mass is 10.2. The molecule has 0 radical (unpaired) electrons. The van der Waals surface area contributed by atoms with Crippen molar-refractivity contribution in [2.24, 2.45) is 0 Å². The molecule has 0 aliphatic heterocycles. The quantitative estimate of drug-likeness (QED) is 0.453. The second-order valence-electron chi connectivity index (χ2n) is 2.83. The average molecular weight is 196 g/mol. The van der Waals surface area contributed by atoms with Crippen LogP contribution in [-0.4, -0.2) is 11.5 Å². The molecule has 0 atom stereocenters. The minimum atomic E-state index is -0.486. The number of anilines is 1. The van der Waals surface area contributed by atoms with Gasteiger partial charge in [0.05, 0.1) is 17.2 Å². The summed E-state index contributed by atoms with van der Waals surface area (Å²) < 4.78 is 5.27. The van der Waals surface area contributed by atoms with Gasteiger partial charge in [-0.05, 0) is 12.5 Å². The number of benzene rings is 1. The van der Waals surface area contributed by atoms with Gasteiger partial charge in [0.2, 0.25) is 0 Å². The first-order valence-corrected chi connectivity index (χ1v) is 4.32. The van der Waals surface area contributed by atoms with Crippen LogP contribution in [0.5, 0.6) is 5.75 Å². The maximum atomic E-state index is 10.4. The third-order valence-electron chi connectivity index (χ3n) is 1.67. The van der Waals surface area contributed by atoms with Gasteiger partial charge in [0.25, 0.3) is 5.69 Å². The van der Waals surface area contributed by atoms with E-state index < -0.39 is 4.92 Å². The molecule has 76 valence electrons. The first-order valence-electron chi connectivity index (χ1n) is 4.32. The molecule has 0 aliphatic carbocycles. The zero-order valence-electron chi connectivity index (χ0n) is 7.90. The van der Waals surface area contributed by atoms with E-state index in [0.29, 0.717) is 18.0 Å². The summed E-state index contributed by atoms with van der Waals surface area (Å²) in [5.41, 5.74) is 5.85. The molecule has 0 spiro atoms. The van der Waals surface area contributed by atoms with Gasteiger partial charge >= 0.3 is 0 Å². The van der Waals surface area contributed by atoms with Crippen molar-refractivity contribution in [3.63, 3.8) is 0 Å². The number of nitro benzene ring substituents is 1. The Morgan fingerprint density at radius 2 is 2.29 bits per heavy atom. The molecule has 0 heterocycles. The molecule has 14 heavy (non-hydrogen) atoms. The van der Waals surface area contributed by atoms with E-state index in [0.717, 1.165) is 6.42 Å². The number of nitro groups is 1. The van der Waals surface area contributed by atoms with Crippen LogP contribution in [0.1, 0.15) is 13.3 Å². The van der Waals surface area contributed by atoms with E-state index in [4.69, 9.17) is 10.5 Å². The van der Waals surface area contributed by atoms with Gasteiger partial charge in [-0.15, -0.1) is 0 Å². The van der Waals surface area contributed by atoms with Gasteiger partial charge in [0, 0.05) is 12.1 Å². The molecule has 1 aromatic rings. The molecule has 0 aliphatic rings. The smallest absolute Gasteiger partial charge is 0.271 e. The van der Waals surface area contributed by atoms with E-state index >= 15 is 0 Å². The van der Waals surface area contributed by atoms with Crippen molar-refractivity contribution < 1.29 is 9.66 Å². The number of nitrogens with two attached hydrogens (primary N) is 1. The number of non-ortho nitro benzene ring substituents is 1. The van der Waals surface area contributed by atoms with E-state index in [1.54, 1.807) is 0 Å². The number of rotatable bonds is 4. The van der Waals surface area contributed by atoms with Crippen LogP contribution in [0.3, 0.4) is 0 Å². The lowest BCUT2D eigenvalue weighted by molar-refractivity contribution is -0.384. The molecule has 5 nitrogen and oxygen atoms in total. The number of hydrogen-bond acceptors (Lipinski definition) is 4. The van der Waals surface area contributed by atoms with Gasteiger partial charge in [0.1, 0.15) is 5.75 Å². The van der Waals surface area contributed by atoms with E-state index in [9.17, 15) is 10.1 Å². The number of nitrogen functional groups attached to an aromatic ring is 1. The monoisotopic (exact) mass is 196 g/mol. The normalized spacial score (nSPS) is 9.79. The molecule has 1 aromatic carbocycles. The Labute approximate surface area is 81.6 Å². The fourth-order valence-electron chi connectivity index (χ4n) is 0.993. The van der Waals surface area contributed by atoms with Crippen molar-refractivity contribution in [2.75, 3.05) is 12.3 Å². The summed E-state index contributed by atoms with van der Waals surface area (Å²) in [5.74, 6) is 0.498. The maximum absolute atomic E-state index is 10.4. The summed E-state index contributed by atoms with van der Waals surface area (Å²) in [4.78, 5) is 9.90. The second kappa shape index (κ2) is 4.45. The summed E-state index contributed by atoms with van der Waals surface area (Å²) in [6.45, 7) is 2.53. The number of nitrogens with zero attached hydrogens (tertiary/aromatic N) is 1. The number of hydrogen-bond donors (Lipinski definition) is 1. The van der Waals surface area contributed by atoms with E-state index in [2.05, 4.69) is 0 Å². The highest BCUT2D eigenvalue weighted by atomic mass is 16.6. The lowest BCUT2D eigenvalue weighted by Gasteiger charge is -2.06. The topological polar surface area (TPSA) is 78.4 Å². The first-order chi connectivity index (χ1) is 6.65. The highest BCUT2D eigenvalue weighted by Gasteiger charge is 2.08. The molecular weight excluding hydrogens is 184 g/mol. The van der Waals surface area contributed by atoms with Crippen LogP contribution in [0.15, 0.2) is 18.2 Å². The van der Waals surface area contributed by atoms with E-state index in [-0.39, 0.29) is 5.69 Å². The Kier molecular flexibility index (Phi) is 3.28. The molecule has 2 N–H and O–H groups in total. The van der Waals surface area contributed by atoms with Crippen molar-refractivity contribution in [3.05, 3.63) is 28.3 Å². The molecule has 0 saturated carbocycles. The number of ether oxygens (including phenoxy) is 1. The first kappa shape index (κ1) is 10.3. The predicted octanol–water partition coefficient (Wildman–Crippen LogP) is 1.97. The van der Waals surface area contributed by atoms with Gasteiger partial charge in [-0.25, -0.2) is 0 Å². The van der Waals surface area contributed by atoms with Gasteiger partial charge in [0.15, 0.2) is 0 Å². The standard InChI is InChI=1S/C9H12N2O3/c1-2-5-14-9-4-3-7(11(12)13)6-8(9)10/h3-4,6H,2,5,10H2,1H3. The molecule has 1 rings (SSSR count). The van der Waals surface area contributed by atoms with Gasteiger partial charge in [-0.2, -0.15) is 0 Å². The largest absolute Gasteiger partial charge is 0.491 e. The predicted molar refractivity (Wildman–Crippen MR) is 53.3 cm³/mol. The third-order valence-corrected chi connectivity index (χ3v) is 1.67. The molecule has 0 bridgehead atoms. The summed E-state index contributed by atoms with van der Waals surface area (Å²) >= 11 is 0. The van der Waals surface area contributed by atoms with Crippen molar-refractivity contribution in [2.45, 2.75) is 13.3 Å². The van der Waals surface area contributed by atoms with Crippen LogP contribution in [0.4, 0.5) is 11.4 Å². The van der Waals surface area contributed by atoms with E-state index in [1.807, 2.05) is 6.92 Å². The van der Waals surface area contributed by atoms with Gasteiger partial charge in [-0.3, -0.25) is 10.1 Å². The Balaban J connectivity index is 2.84. The van der Waals surface area contributed by atoms with E-state index in [1.165, 1.54) is 18.2 Å². The zero-order chi connectivity index (χ0) is 10.6. The average Bonchev–Trinajstić information content (AvgIpc) is 2.15. The molecule has 5 heteroatoms. The molecular formula is C9H12N2O3. The third kappa shape index (κ3) is 2.35. The summed E-state index contributed by atoms with van der Waals surface area (Å²) in [7, 11) is 0. The summed E-state index contributed by atoms with van der Waals surface area (Å²) in [5, 5.41) is 10.4. The van der Waals surface area contributed by atoms with Crippen LogP contribution in [0.25, 0.3) is 0 Å². The second-order valence-corrected chi connectivity index (χ2v) is 2.83. The molecule has 0 fully saturated rings. The summed E-state index contributed by atoms with van der Waals surface area (Å²) in [6.07, 6.45) is 0.871. The fourth-order valence-corrected chi connectivity index (χ4v) is 0.993. The Morgan fingerprint density at radius 1 is 1.57 bits per heavy atom. The highest BCUT2D eigenvalue weighted by molar-refractivity contribution is 5.58. The fraction of sp³-hybridized carbons (Fsp3) is 0.333. The SMILES string of the molecule is CCCOc1ccc([N+](=O)[O-])cc1N. The minimum absolute atomic E-state index is 0.0219. The van der Waals surface area contributed by atoms with Crippen LogP contribution >= 0.6 is 0 Å².